The number of fused-ring (bicyclic) bond motifs is 2. The minimum atomic E-state index is -0.400. The van der Waals surface area contributed by atoms with E-state index in [4.69, 9.17) is 10.00 Å². The molecule has 0 spiro atoms. The third kappa shape index (κ3) is 0.810. The zero-order chi connectivity index (χ0) is 7.90. The van der Waals surface area contributed by atoms with Crippen molar-refractivity contribution < 1.29 is 4.74 Å². The monoisotopic (exact) mass is 151 g/mol. The van der Waals surface area contributed by atoms with E-state index in [2.05, 4.69) is 6.07 Å². The Kier molecular flexibility index (Phi) is 1.43. The molecule has 2 bridgehead atoms. The fraction of sp³-hybridized carbons (Fsp3) is 0.889. The van der Waals surface area contributed by atoms with E-state index < -0.39 is 5.60 Å². The lowest BCUT2D eigenvalue weighted by Crippen LogP contribution is -2.35. The first-order valence-electron chi connectivity index (χ1n) is 4.27. The number of nitrogens with zero attached hydrogens (tertiary/aromatic N) is 1. The summed E-state index contributed by atoms with van der Waals surface area (Å²) in [5, 5.41) is 8.96. The molecule has 0 amide bonds. The molecule has 2 aliphatic carbocycles. The second-order valence-corrected chi connectivity index (χ2v) is 3.79. The van der Waals surface area contributed by atoms with Gasteiger partial charge in [-0.15, -0.1) is 0 Å². The Labute approximate surface area is 67.2 Å². The Morgan fingerprint density at radius 1 is 1.55 bits per heavy atom. The maximum atomic E-state index is 8.96. The summed E-state index contributed by atoms with van der Waals surface area (Å²) >= 11 is 0. The summed E-state index contributed by atoms with van der Waals surface area (Å²) in [6.45, 7) is 0. The molecule has 2 saturated carbocycles. The van der Waals surface area contributed by atoms with Crippen molar-refractivity contribution in [3.05, 3.63) is 0 Å². The predicted octanol–water partition coefficient (Wildman–Crippen LogP) is 1.72. The molecular formula is C9H13NO. The highest BCUT2D eigenvalue weighted by Gasteiger charge is 2.51. The van der Waals surface area contributed by atoms with Crippen molar-refractivity contribution in [3.8, 4) is 6.07 Å². The van der Waals surface area contributed by atoms with Gasteiger partial charge in [0.15, 0.2) is 5.60 Å². The summed E-state index contributed by atoms with van der Waals surface area (Å²) in [6, 6.07) is 2.34. The lowest BCUT2D eigenvalue weighted by atomic mass is 9.85. The van der Waals surface area contributed by atoms with Crippen LogP contribution in [0.15, 0.2) is 0 Å². The zero-order valence-corrected chi connectivity index (χ0v) is 6.84. The molecule has 2 aliphatic rings. The van der Waals surface area contributed by atoms with Crippen LogP contribution in [0.25, 0.3) is 0 Å². The van der Waals surface area contributed by atoms with Crippen molar-refractivity contribution in [2.75, 3.05) is 7.11 Å². The highest BCUT2D eigenvalue weighted by Crippen LogP contribution is 2.51. The van der Waals surface area contributed by atoms with E-state index >= 15 is 0 Å². The van der Waals surface area contributed by atoms with Gasteiger partial charge in [-0.1, -0.05) is 0 Å². The summed E-state index contributed by atoms with van der Waals surface area (Å²) in [6.07, 6.45) is 4.72. The molecule has 2 fully saturated rings. The Bertz CT molecular complexity index is 208. The van der Waals surface area contributed by atoms with Gasteiger partial charge in [-0.3, -0.25) is 0 Å². The van der Waals surface area contributed by atoms with Gasteiger partial charge in [0.25, 0.3) is 0 Å². The Morgan fingerprint density at radius 3 is 2.64 bits per heavy atom. The molecule has 2 nitrogen and oxygen atoms in total. The van der Waals surface area contributed by atoms with Crippen LogP contribution < -0.4 is 0 Å². The SMILES string of the molecule is COC1(C#N)CC2CCC1C2. The number of nitriles is 1. The summed E-state index contributed by atoms with van der Waals surface area (Å²) < 4.78 is 5.32. The maximum absolute atomic E-state index is 8.96. The Hall–Kier alpha value is -0.550. The molecule has 0 aliphatic heterocycles. The van der Waals surface area contributed by atoms with Crippen LogP contribution >= 0.6 is 0 Å². The number of rotatable bonds is 1. The molecule has 3 unspecified atom stereocenters. The lowest BCUT2D eigenvalue weighted by Gasteiger charge is -2.28. The highest BCUT2D eigenvalue weighted by atomic mass is 16.5. The van der Waals surface area contributed by atoms with Crippen molar-refractivity contribution in [1.29, 1.82) is 5.26 Å². The van der Waals surface area contributed by atoms with E-state index in [-0.39, 0.29) is 0 Å². The minimum absolute atomic E-state index is 0.400. The molecule has 0 saturated heterocycles. The molecular weight excluding hydrogens is 138 g/mol. The third-order valence-corrected chi connectivity index (χ3v) is 3.35. The van der Waals surface area contributed by atoms with Gasteiger partial charge >= 0.3 is 0 Å². The molecule has 0 N–H and O–H groups in total. The first-order valence-corrected chi connectivity index (χ1v) is 4.27. The van der Waals surface area contributed by atoms with E-state index in [0.29, 0.717) is 5.92 Å². The van der Waals surface area contributed by atoms with Crippen molar-refractivity contribution >= 4 is 0 Å². The smallest absolute Gasteiger partial charge is 0.156 e. The van der Waals surface area contributed by atoms with E-state index in [1.165, 1.54) is 19.3 Å². The molecule has 11 heavy (non-hydrogen) atoms. The van der Waals surface area contributed by atoms with Crippen molar-refractivity contribution in [1.82, 2.24) is 0 Å². The largest absolute Gasteiger partial charge is 0.363 e. The van der Waals surface area contributed by atoms with Gasteiger partial charge in [0.1, 0.15) is 0 Å². The quantitative estimate of drug-likeness (QED) is 0.571. The van der Waals surface area contributed by atoms with Crippen LogP contribution in [-0.4, -0.2) is 12.7 Å². The van der Waals surface area contributed by atoms with Crippen LogP contribution in [-0.2, 0) is 4.74 Å². The van der Waals surface area contributed by atoms with Gasteiger partial charge in [-0.25, -0.2) is 0 Å². The molecule has 3 atom stereocenters. The normalized spacial score (nSPS) is 47.6. The molecule has 2 heteroatoms. The molecule has 0 aromatic rings. The Morgan fingerprint density at radius 2 is 2.36 bits per heavy atom. The fourth-order valence-electron chi connectivity index (χ4n) is 2.71. The number of ether oxygens (including phenoxy) is 1. The molecule has 0 heterocycles. The van der Waals surface area contributed by atoms with Gasteiger partial charge in [-0.2, -0.15) is 5.26 Å². The summed E-state index contributed by atoms with van der Waals surface area (Å²) in [5.41, 5.74) is -0.400. The maximum Gasteiger partial charge on any atom is 0.156 e. The number of hydrogen-bond donors (Lipinski definition) is 0. The summed E-state index contributed by atoms with van der Waals surface area (Å²) in [4.78, 5) is 0. The van der Waals surface area contributed by atoms with Crippen molar-refractivity contribution in [2.24, 2.45) is 11.8 Å². The van der Waals surface area contributed by atoms with Crippen LogP contribution in [0.4, 0.5) is 0 Å². The minimum Gasteiger partial charge on any atom is -0.363 e. The van der Waals surface area contributed by atoms with Crippen LogP contribution in [0.2, 0.25) is 0 Å². The van der Waals surface area contributed by atoms with Crippen molar-refractivity contribution in [3.63, 3.8) is 0 Å². The van der Waals surface area contributed by atoms with Gasteiger partial charge in [0.2, 0.25) is 0 Å². The van der Waals surface area contributed by atoms with Crippen LogP contribution in [0.3, 0.4) is 0 Å². The average molecular weight is 151 g/mol. The molecule has 2 rings (SSSR count). The number of methoxy groups -OCH3 is 1. The van der Waals surface area contributed by atoms with E-state index in [0.717, 1.165) is 12.3 Å². The molecule has 0 aromatic heterocycles. The molecule has 60 valence electrons. The highest BCUT2D eigenvalue weighted by molar-refractivity contribution is 5.14. The van der Waals surface area contributed by atoms with Gasteiger partial charge < -0.3 is 4.74 Å². The average Bonchev–Trinajstić information content (AvgIpc) is 2.62. The van der Waals surface area contributed by atoms with Crippen molar-refractivity contribution in [2.45, 2.75) is 31.3 Å². The van der Waals surface area contributed by atoms with E-state index in [1.54, 1.807) is 7.11 Å². The second-order valence-electron chi connectivity index (χ2n) is 3.79. The molecule has 0 radical (unpaired) electrons. The van der Waals surface area contributed by atoms with Gasteiger partial charge in [0, 0.05) is 13.0 Å². The molecule has 0 aromatic carbocycles. The summed E-state index contributed by atoms with van der Waals surface area (Å²) in [7, 11) is 1.67. The fourth-order valence-corrected chi connectivity index (χ4v) is 2.71. The van der Waals surface area contributed by atoms with E-state index in [9.17, 15) is 0 Å². The predicted molar refractivity (Wildman–Crippen MR) is 40.8 cm³/mol. The van der Waals surface area contributed by atoms with Crippen LogP contribution in [0.1, 0.15) is 25.7 Å². The van der Waals surface area contributed by atoms with Crippen LogP contribution in [0.5, 0.6) is 0 Å². The topological polar surface area (TPSA) is 33.0 Å². The van der Waals surface area contributed by atoms with Gasteiger partial charge in [0.05, 0.1) is 6.07 Å². The Balaban J connectivity index is 2.22. The first-order chi connectivity index (χ1) is 5.30. The third-order valence-electron chi connectivity index (χ3n) is 3.35. The second kappa shape index (κ2) is 2.22. The zero-order valence-electron chi connectivity index (χ0n) is 6.84. The van der Waals surface area contributed by atoms with Crippen LogP contribution in [0, 0.1) is 23.2 Å². The van der Waals surface area contributed by atoms with E-state index in [1.807, 2.05) is 0 Å². The van der Waals surface area contributed by atoms with Gasteiger partial charge in [-0.05, 0) is 31.6 Å². The first kappa shape index (κ1) is 7.12. The lowest BCUT2D eigenvalue weighted by molar-refractivity contribution is -0.00596. The number of hydrogen-bond acceptors (Lipinski definition) is 2. The summed E-state index contributed by atoms with van der Waals surface area (Å²) in [5.74, 6) is 1.31. The standard InChI is InChI=1S/C9H13NO/c1-11-9(6-10)5-7-2-3-8(9)4-7/h7-8H,2-5H2,1H3.